The van der Waals surface area contributed by atoms with Gasteiger partial charge in [0.2, 0.25) is 5.89 Å². The number of amides is 1. The smallest absolute Gasteiger partial charge is 0.493 e. The summed E-state index contributed by atoms with van der Waals surface area (Å²) >= 11 is 0. The highest BCUT2D eigenvalue weighted by atomic mass is 19.4. The van der Waals surface area contributed by atoms with Crippen molar-refractivity contribution in [1.29, 1.82) is 0 Å². The fraction of sp³-hybridized carbons (Fsp3) is 0.233. The van der Waals surface area contributed by atoms with Crippen LogP contribution in [0.4, 0.5) is 13.2 Å². The number of rotatable bonds is 12. The van der Waals surface area contributed by atoms with Crippen molar-refractivity contribution in [3.05, 3.63) is 101 Å². The third-order valence-electron chi connectivity index (χ3n) is 6.10. The molecule has 4 aromatic rings. The maximum atomic E-state index is 12.8. The third kappa shape index (κ3) is 8.34. The molecule has 8 nitrogen and oxygen atoms in total. The third-order valence-corrected chi connectivity index (χ3v) is 6.10. The molecule has 0 radical (unpaired) electrons. The average molecular weight is 569 g/mol. The summed E-state index contributed by atoms with van der Waals surface area (Å²) < 4.78 is 54.0. The van der Waals surface area contributed by atoms with Crippen LogP contribution in [0.3, 0.4) is 0 Å². The number of aryl methyl sites for hydroxylation is 2. The predicted octanol–water partition coefficient (Wildman–Crippen LogP) is 6.12. The molecule has 2 N–H and O–H groups in total. The Morgan fingerprint density at radius 2 is 1.71 bits per heavy atom. The quantitative estimate of drug-likeness (QED) is 0.212. The number of hydrogen-bond acceptors (Lipinski definition) is 6. The van der Waals surface area contributed by atoms with E-state index >= 15 is 0 Å². The van der Waals surface area contributed by atoms with E-state index in [2.05, 4.69) is 15.0 Å². The van der Waals surface area contributed by atoms with E-state index in [9.17, 15) is 22.8 Å². The molecule has 41 heavy (non-hydrogen) atoms. The lowest BCUT2D eigenvalue weighted by atomic mass is 10.0. The van der Waals surface area contributed by atoms with Gasteiger partial charge in [0.05, 0.1) is 17.9 Å². The average Bonchev–Trinajstić information content (AvgIpc) is 3.31. The minimum absolute atomic E-state index is 0.0752. The lowest BCUT2D eigenvalue weighted by Gasteiger charge is -2.15. The Morgan fingerprint density at radius 3 is 2.44 bits per heavy atom. The number of halogens is 3. The molecule has 0 aliphatic carbocycles. The molecule has 1 heterocycles. The predicted molar refractivity (Wildman–Crippen MR) is 143 cm³/mol. The molecule has 0 saturated heterocycles. The molecule has 214 valence electrons. The first kappa shape index (κ1) is 29.2. The number of benzene rings is 3. The van der Waals surface area contributed by atoms with E-state index in [-0.39, 0.29) is 31.6 Å². The zero-order chi connectivity index (χ0) is 29.4. The van der Waals surface area contributed by atoms with E-state index in [1.807, 2.05) is 37.3 Å². The Labute approximate surface area is 233 Å². The van der Waals surface area contributed by atoms with Gasteiger partial charge in [0, 0.05) is 24.9 Å². The first-order valence-corrected chi connectivity index (χ1v) is 12.7. The number of hydrogen-bond donors (Lipinski definition) is 2. The number of aromatic nitrogens is 1. The minimum Gasteiger partial charge on any atom is -0.493 e. The number of carboxylic acid groups (broad SMARTS) is 1. The van der Waals surface area contributed by atoms with Crippen LogP contribution in [0.5, 0.6) is 11.5 Å². The van der Waals surface area contributed by atoms with Gasteiger partial charge in [-0.1, -0.05) is 36.4 Å². The summed E-state index contributed by atoms with van der Waals surface area (Å²) in [6.07, 6.45) is -4.45. The number of para-hydroxylation sites is 1. The number of nitrogens with zero attached hydrogens (tertiary/aromatic N) is 1. The van der Waals surface area contributed by atoms with E-state index < -0.39 is 24.0 Å². The van der Waals surface area contributed by atoms with Gasteiger partial charge in [0.15, 0.2) is 0 Å². The molecular weight excluding hydrogens is 541 g/mol. The summed E-state index contributed by atoms with van der Waals surface area (Å²) in [4.78, 5) is 28.4. The van der Waals surface area contributed by atoms with Gasteiger partial charge < -0.3 is 24.3 Å². The lowest BCUT2D eigenvalue weighted by molar-refractivity contribution is -0.274. The first-order chi connectivity index (χ1) is 19.6. The Bertz CT molecular complexity index is 1500. The van der Waals surface area contributed by atoms with Crippen molar-refractivity contribution in [3.63, 3.8) is 0 Å². The Hall–Kier alpha value is -4.80. The standard InChI is InChI=1S/C30H27F3N2O6/c1-19-25(35-29(40-19)21-7-3-2-4-8-21)15-16-39-23-13-11-20(12-14-27(36)37)22(17-23)18-34-28(38)24-9-5-6-10-26(24)41-30(31,32)33/h2-11,13,17H,12,14-16,18H2,1H3,(H,34,38)(H,36,37). The molecule has 0 saturated carbocycles. The van der Waals surface area contributed by atoms with Gasteiger partial charge in [-0.2, -0.15) is 0 Å². The zero-order valence-corrected chi connectivity index (χ0v) is 22.0. The normalized spacial score (nSPS) is 11.2. The summed E-state index contributed by atoms with van der Waals surface area (Å²) in [6.45, 7) is 2.02. The molecule has 11 heteroatoms. The molecule has 0 unspecified atom stereocenters. The summed E-state index contributed by atoms with van der Waals surface area (Å²) in [7, 11) is 0. The molecule has 4 rings (SSSR count). The summed E-state index contributed by atoms with van der Waals surface area (Å²) in [5, 5.41) is 11.7. The van der Waals surface area contributed by atoms with Crippen molar-refractivity contribution in [3.8, 4) is 23.0 Å². The lowest BCUT2D eigenvalue weighted by Crippen LogP contribution is -2.26. The maximum absolute atomic E-state index is 12.8. The van der Waals surface area contributed by atoms with Crippen LogP contribution >= 0.6 is 0 Å². The van der Waals surface area contributed by atoms with Crippen molar-refractivity contribution in [1.82, 2.24) is 10.3 Å². The molecule has 3 aromatic carbocycles. The fourth-order valence-electron chi connectivity index (χ4n) is 4.11. The van der Waals surface area contributed by atoms with Crippen molar-refractivity contribution in [2.24, 2.45) is 0 Å². The second-order valence-electron chi connectivity index (χ2n) is 9.04. The van der Waals surface area contributed by atoms with Gasteiger partial charge in [-0.25, -0.2) is 4.98 Å². The number of nitrogens with one attached hydrogen (secondary N) is 1. The minimum atomic E-state index is -4.96. The van der Waals surface area contributed by atoms with Crippen LogP contribution in [0.25, 0.3) is 11.5 Å². The number of carbonyl (C=O) groups is 2. The number of carboxylic acids is 1. The molecule has 0 fully saturated rings. The molecule has 0 bridgehead atoms. The van der Waals surface area contributed by atoms with Crippen molar-refractivity contribution < 1.29 is 41.8 Å². The van der Waals surface area contributed by atoms with Gasteiger partial charge >= 0.3 is 12.3 Å². The highest BCUT2D eigenvalue weighted by Crippen LogP contribution is 2.27. The van der Waals surface area contributed by atoms with E-state index in [0.717, 1.165) is 17.3 Å². The summed E-state index contributed by atoms with van der Waals surface area (Å²) in [5.41, 5.74) is 2.53. The van der Waals surface area contributed by atoms with Crippen LogP contribution in [0, 0.1) is 6.92 Å². The first-order valence-electron chi connectivity index (χ1n) is 12.7. The van der Waals surface area contributed by atoms with Crippen LogP contribution in [-0.2, 0) is 24.2 Å². The molecule has 1 amide bonds. The molecular formula is C30H27F3N2O6. The van der Waals surface area contributed by atoms with E-state index in [1.54, 1.807) is 18.2 Å². The summed E-state index contributed by atoms with van der Waals surface area (Å²) in [6, 6.07) is 19.6. The molecule has 0 atom stereocenters. The van der Waals surface area contributed by atoms with Gasteiger partial charge in [-0.05, 0) is 60.9 Å². The highest BCUT2D eigenvalue weighted by molar-refractivity contribution is 5.96. The number of alkyl halides is 3. The molecule has 0 spiro atoms. The Kier molecular flexibility index (Phi) is 9.28. The maximum Gasteiger partial charge on any atom is 0.573 e. The monoisotopic (exact) mass is 568 g/mol. The second-order valence-corrected chi connectivity index (χ2v) is 9.04. The van der Waals surface area contributed by atoms with Gasteiger partial charge in [0.1, 0.15) is 17.3 Å². The molecule has 1 aromatic heterocycles. The zero-order valence-electron chi connectivity index (χ0n) is 22.0. The second kappa shape index (κ2) is 13.0. The van der Waals surface area contributed by atoms with Crippen LogP contribution in [0.1, 0.15) is 39.4 Å². The van der Waals surface area contributed by atoms with Crippen molar-refractivity contribution >= 4 is 11.9 Å². The van der Waals surface area contributed by atoms with Crippen molar-refractivity contribution in [2.75, 3.05) is 6.61 Å². The van der Waals surface area contributed by atoms with Gasteiger partial charge in [-0.3, -0.25) is 9.59 Å². The number of oxazole rings is 1. The molecule has 0 aliphatic rings. The number of ether oxygens (including phenoxy) is 2. The van der Waals surface area contributed by atoms with Gasteiger partial charge in [-0.15, -0.1) is 13.2 Å². The van der Waals surface area contributed by atoms with Gasteiger partial charge in [0.25, 0.3) is 5.91 Å². The van der Waals surface area contributed by atoms with Crippen molar-refractivity contribution in [2.45, 2.75) is 39.1 Å². The van der Waals surface area contributed by atoms with Crippen LogP contribution in [0.15, 0.2) is 77.2 Å². The number of carbonyl (C=O) groups excluding carboxylic acids is 1. The Morgan fingerprint density at radius 1 is 0.976 bits per heavy atom. The largest absolute Gasteiger partial charge is 0.573 e. The van der Waals surface area contributed by atoms with E-state index in [1.165, 1.54) is 18.2 Å². The highest BCUT2D eigenvalue weighted by Gasteiger charge is 2.32. The van der Waals surface area contributed by atoms with Crippen LogP contribution in [0.2, 0.25) is 0 Å². The Balaban J connectivity index is 1.44. The van der Waals surface area contributed by atoms with E-state index in [4.69, 9.17) is 14.3 Å². The summed E-state index contributed by atoms with van der Waals surface area (Å²) in [5.74, 6) is -0.735. The van der Waals surface area contributed by atoms with Crippen LogP contribution in [-0.4, -0.2) is 34.9 Å². The molecule has 0 aliphatic heterocycles. The fourth-order valence-corrected chi connectivity index (χ4v) is 4.11. The number of aliphatic carboxylic acids is 1. The SMILES string of the molecule is Cc1oc(-c2ccccc2)nc1CCOc1ccc(CCC(=O)O)c(CNC(=O)c2ccccc2OC(F)(F)F)c1. The van der Waals surface area contributed by atoms with E-state index in [0.29, 0.717) is 34.9 Å². The van der Waals surface area contributed by atoms with Crippen LogP contribution < -0.4 is 14.8 Å². The topological polar surface area (TPSA) is 111 Å².